The van der Waals surface area contributed by atoms with E-state index >= 15 is 0 Å². The molecule has 0 spiro atoms. The van der Waals surface area contributed by atoms with Crippen LogP contribution in [-0.4, -0.2) is 26.4 Å². The summed E-state index contributed by atoms with van der Waals surface area (Å²) in [6.07, 6.45) is 1.12. The fraction of sp³-hybridized carbons (Fsp3) is 0.455. The number of hydrogen-bond acceptors (Lipinski definition) is 3. The van der Waals surface area contributed by atoms with Crippen molar-refractivity contribution in [2.24, 2.45) is 0 Å². The highest BCUT2D eigenvalue weighted by Crippen LogP contribution is 2.29. The molecule has 1 aromatic rings. The van der Waals surface area contributed by atoms with E-state index in [0.29, 0.717) is 0 Å². The number of sulfone groups is 1. The first-order chi connectivity index (χ1) is 7.18. The molecule has 0 aromatic heterocycles. The predicted molar refractivity (Wildman–Crippen MR) is 64.7 cm³/mol. The van der Waals surface area contributed by atoms with Gasteiger partial charge in [-0.2, -0.15) is 0 Å². The van der Waals surface area contributed by atoms with Gasteiger partial charge in [0.25, 0.3) is 0 Å². The third-order valence-corrected chi connectivity index (χ3v) is 4.09. The summed E-state index contributed by atoms with van der Waals surface area (Å²) in [4.78, 5) is 0.117. The van der Waals surface area contributed by atoms with E-state index in [1.165, 1.54) is 6.07 Å². The molecule has 0 radical (unpaired) electrons. The molecule has 0 heterocycles. The Balaban J connectivity index is 3.30. The summed E-state index contributed by atoms with van der Waals surface area (Å²) < 4.78 is 22.7. The van der Waals surface area contributed by atoms with Crippen molar-refractivity contribution in [1.82, 2.24) is 0 Å². The third kappa shape index (κ3) is 2.75. The Morgan fingerprint density at radius 1 is 1.38 bits per heavy atom. The summed E-state index contributed by atoms with van der Waals surface area (Å²) in [5, 5.41) is 9.40. The maximum atomic E-state index is 11.4. The van der Waals surface area contributed by atoms with E-state index in [9.17, 15) is 13.5 Å². The Labute approximate surface area is 101 Å². The Kier molecular flexibility index (Phi) is 3.67. The lowest BCUT2D eigenvalue weighted by atomic mass is 9.86. The Morgan fingerprint density at radius 2 is 1.94 bits per heavy atom. The minimum absolute atomic E-state index is 0.0262. The molecule has 3 nitrogen and oxygen atoms in total. The summed E-state index contributed by atoms with van der Waals surface area (Å²) in [6.45, 7) is 3.69. The second kappa shape index (κ2) is 4.35. The van der Waals surface area contributed by atoms with Crippen LogP contribution < -0.4 is 0 Å². The third-order valence-electron chi connectivity index (χ3n) is 2.51. The fourth-order valence-corrected chi connectivity index (χ4v) is 2.64. The minimum Gasteiger partial charge on any atom is -0.395 e. The molecular formula is C11H15ClO3S. The van der Waals surface area contributed by atoms with Gasteiger partial charge in [-0.05, 0) is 17.7 Å². The number of halogens is 1. The van der Waals surface area contributed by atoms with Gasteiger partial charge < -0.3 is 5.11 Å². The van der Waals surface area contributed by atoms with Crippen LogP contribution >= 0.6 is 11.6 Å². The molecule has 0 atom stereocenters. The first kappa shape index (κ1) is 13.5. The highest BCUT2D eigenvalue weighted by atomic mass is 35.5. The molecule has 0 aliphatic rings. The topological polar surface area (TPSA) is 54.4 Å². The van der Waals surface area contributed by atoms with Crippen LogP contribution in [0.1, 0.15) is 19.4 Å². The number of benzene rings is 1. The molecule has 0 unspecified atom stereocenters. The summed E-state index contributed by atoms with van der Waals surface area (Å²) in [7, 11) is -3.30. The zero-order valence-corrected chi connectivity index (χ0v) is 11.1. The van der Waals surface area contributed by atoms with Gasteiger partial charge in [-0.3, -0.25) is 0 Å². The van der Waals surface area contributed by atoms with E-state index in [-0.39, 0.29) is 16.5 Å². The van der Waals surface area contributed by atoms with E-state index in [1.54, 1.807) is 12.1 Å². The molecule has 0 bridgehead atoms. The molecule has 0 saturated heterocycles. The van der Waals surface area contributed by atoms with Crippen molar-refractivity contribution in [2.75, 3.05) is 12.9 Å². The van der Waals surface area contributed by atoms with E-state index in [2.05, 4.69) is 0 Å². The molecule has 0 amide bonds. The van der Waals surface area contributed by atoms with Crippen molar-refractivity contribution in [3.05, 3.63) is 28.8 Å². The van der Waals surface area contributed by atoms with Crippen molar-refractivity contribution < 1.29 is 13.5 Å². The van der Waals surface area contributed by atoms with Gasteiger partial charge in [0.1, 0.15) is 0 Å². The largest absolute Gasteiger partial charge is 0.395 e. The van der Waals surface area contributed by atoms with Crippen LogP contribution in [0.2, 0.25) is 5.02 Å². The number of aliphatic hydroxyl groups excluding tert-OH is 1. The lowest BCUT2D eigenvalue weighted by Crippen LogP contribution is -2.22. The molecule has 0 aliphatic heterocycles. The molecule has 5 heteroatoms. The van der Waals surface area contributed by atoms with E-state index in [0.717, 1.165) is 11.8 Å². The van der Waals surface area contributed by atoms with Crippen molar-refractivity contribution in [1.29, 1.82) is 0 Å². The summed E-state index contributed by atoms with van der Waals surface area (Å²) in [5.41, 5.74) is 0.382. The van der Waals surface area contributed by atoms with Crippen LogP contribution in [0.5, 0.6) is 0 Å². The molecule has 90 valence electrons. The summed E-state index contributed by atoms with van der Waals surface area (Å²) in [5.74, 6) is 0. The number of aliphatic hydroxyl groups is 1. The molecule has 1 aromatic carbocycles. The lowest BCUT2D eigenvalue weighted by molar-refractivity contribution is 0.218. The van der Waals surface area contributed by atoms with Crippen LogP contribution in [0.3, 0.4) is 0 Å². The zero-order chi connectivity index (χ0) is 12.6. The van der Waals surface area contributed by atoms with Crippen molar-refractivity contribution in [3.63, 3.8) is 0 Å². The van der Waals surface area contributed by atoms with Gasteiger partial charge in [-0.15, -0.1) is 0 Å². The van der Waals surface area contributed by atoms with Crippen LogP contribution in [0.4, 0.5) is 0 Å². The SMILES string of the molecule is CC(C)(CO)c1ccc(S(C)(=O)=O)c(Cl)c1. The number of hydrogen-bond donors (Lipinski definition) is 1. The van der Waals surface area contributed by atoms with E-state index in [4.69, 9.17) is 11.6 Å². The molecule has 0 fully saturated rings. The van der Waals surface area contributed by atoms with Crippen molar-refractivity contribution in [3.8, 4) is 0 Å². The van der Waals surface area contributed by atoms with Gasteiger partial charge in [0.2, 0.25) is 0 Å². The minimum atomic E-state index is -3.30. The normalized spacial score (nSPS) is 12.8. The second-order valence-electron chi connectivity index (χ2n) is 4.46. The van der Waals surface area contributed by atoms with Gasteiger partial charge in [-0.1, -0.05) is 31.5 Å². The average Bonchev–Trinajstić information content (AvgIpc) is 2.15. The van der Waals surface area contributed by atoms with Crippen LogP contribution in [0.15, 0.2) is 23.1 Å². The molecular weight excluding hydrogens is 248 g/mol. The Morgan fingerprint density at radius 3 is 2.31 bits per heavy atom. The molecule has 1 N–H and O–H groups in total. The Hall–Kier alpha value is -0.580. The lowest BCUT2D eigenvalue weighted by Gasteiger charge is -2.22. The number of rotatable bonds is 3. The monoisotopic (exact) mass is 262 g/mol. The van der Waals surface area contributed by atoms with Gasteiger partial charge in [0, 0.05) is 11.7 Å². The first-order valence-electron chi connectivity index (χ1n) is 4.79. The summed E-state index contributed by atoms with van der Waals surface area (Å²) in [6, 6.07) is 4.75. The maximum Gasteiger partial charge on any atom is 0.176 e. The molecule has 16 heavy (non-hydrogen) atoms. The highest BCUT2D eigenvalue weighted by molar-refractivity contribution is 7.90. The van der Waals surface area contributed by atoms with Crippen LogP contribution in [0.25, 0.3) is 0 Å². The van der Waals surface area contributed by atoms with Gasteiger partial charge in [-0.25, -0.2) is 8.42 Å². The smallest absolute Gasteiger partial charge is 0.176 e. The average molecular weight is 263 g/mol. The van der Waals surface area contributed by atoms with Gasteiger partial charge in [0.15, 0.2) is 9.84 Å². The Bertz CT molecular complexity index is 492. The molecule has 1 rings (SSSR count). The van der Waals surface area contributed by atoms with E-state index < -0.39 is 15.3 Å². The predicted octanol–water partition coefficient (Wildman–Crippen LogP) is 2.01. The second-order valence-corrected chi connectivity index (χ2v) is 6.85. The molecule has 0 saturated carbocycles. The van der Waals surface area contributed by atoms with Gasteiger partial charge in [0.05, 0.1) is 16.5 Å². The first-order valence-corrected chi connectivity index (χ1v) is 7.06. The van der Waals surface area contributed by atoms with Crippen LogP contribution in [-0.2, 0) is 15.3 Å². The maximum absolute atomic E-state index is 11.4. The standard InChI is InChI=1S/C11H15ClO3S/c1-11(2,7-13)8-4-5-10(9(12)6-8)16(3,14)15/h4-6,13H,7H2,1-3H3. The molecule has 0 aliphatic carbocycles. The quantitative estimate of drug-likeness (QED) is 0.907. The van der Waals surface area contributed by atoms with Crippen molar-refractivity contribution >= 4 is 21.4 Å². The fourth-order valence-electron chi connectivity index (χ4n) is 1.31. The van der Waals surface area contributed by atoms with E-state index in [1.807, 2.05) is 13.8 Å². The van der Waals surface area contributed by atoms with Gasteiger partial charge >= 0.3 is 0 Å². The van der Waals surface area contributed by atoms with Crippen LogP contribution in [0, 0.1) is 0 Å². The highest BCUT2D eigenvalue weighted by Gasteiger charge is 2.21. The zero-order valence-electron chi connectivity index (χ0n) is 9.49. The van der Waals surface area contributed by atoms with Crippen molar-refractivity contribution in [2.45, 2.75) is 24.2 Å². The summed E-state index contributed by atoms with van der Waals surface area (Å²) >= 11 is 5.92.